The second-order valence-electron chi connectivity index (χ2n) is 10.1. The van der Waals surface area contributed by atoms with Crippen LogP contribution in [0.2, 0.25) is 0 Å². The van der Waals surface area contributed by atoms with Crippen LogP contribution >= 0.6 is 11.8 Å². The highest BCUT2D eigenvalue weighted by Gasteiger charge is 2.36. The van der Waals surface area contributed by atoms with Crippen LogP contribution in [-0.2, 0) is 44.7 Å². The fraction of sp³-hybridized carbons (Fsp3) is 0.615. The van der Waals surface area contributed by atoms with Gasteiger partial charge in [0.2, 0.25) is 23.6 Å². The van der Waals surface area contributed by atoms with Gasteiger partial charge in [0.1, 0.15) is 12.1 Å². The number of aromatic nitrogens is 2. The van der Waals surface area contributed by atoms with E-state index >= 15 is 0 Å². The maximum atomic E-state index is 12.4. The van der Waals surface area contributed by atoms with E-state index in [-0.39, 0.29) is 49.6 Å². The van der Waals surface area contributed by atoms with Gasteiger partial charge in [0, 0.05) is 68.9 Å². The first-order chi connectivity index (χ1) is 20.2. The van der Waals surface area contributed by atoms with Crippen molar-refractivity contribution in [2.75, 3.05) is 32.0 Å². The maximum absolute atomic E-state index is 12.4. The van der Waals surface area contributed by atoms with Gasteiger partial charge >= 0.3 is 11.9 Å². The molecule has 0 bridgehead atoms. The van der Waals surface area contributed by atoms with Crippen LogP contribution in [0.25, 0.3) is 0 Å². The first kappa shape index (κ1) is 37.0. The molecule has 0 radical (unpaired) electrons. The van der Waals surface area contributed by atoms with Crippen LogP contribution in [0.4, 0.5) is 0 Å². The number of hydrogen-bond donors (Lipinski definition) is 7. The van der Waals surface area contributed by atoms with E-state index in [0.29, 0.717) is 13.0 Å². The molecule has 0 unspecified atom stereocenters. The zero-order valence-electron chi connectivity index (χ0n) is 24.4. The van der Waals surface area contributed by atoms with E-state index in [2.05, 4.69) is 31.2 Å². The van der Waals surface area contributed by atoms with Crippen molar-refractivity contribution in [3.63, 3.8) is 0 Å². The number of carboxylic acids is 1. The smallest absolute Gasteiger partial charge is 0.328 e. The molecule has 1 aromatic rings. The normalized spacial score (nSPS) is 12.4. The van der Waals surface area contributed by atoms with Gasteiger partial charge in [-0.1, -0.05) is 25.6 Å². The molecule has 0 fully saturated rings. The maximum Gasteiger partial charge on any atom is 0.328 e. The minimum Gasteiger partial charge on any atom is -0.481 e. The molecule has 4 amide bonds. The van der Waals surface area contributed by atoms with E-state index in [1.165, 1.54) is 20.2 Å². The number of ether oxygens (including phenoxy) is 1. The molecule has 7 N–H and O–H groups in total. The van der Waals surface area contributed by atoms with Crippen LogP contribution in [0.1, 0.15) is 52.1 Å². The number of carbonyl (C=O) groups is 7. The number of aliphatic hydroxyl groups is 1. The Balaban J connectivity index is 2.27. The molecular formula is C26H40N6O10S. The molecule has 0 spiro atoms. The summed E-state index contributed by atoms with van der Waals surface area (Å²) < 4.78 is 5.14. The Morgan fingerprint density at radius 1 is 1.02 bits per heavy atom. The second-order valence-corrected chi connectivity index (χ2v) is 11.3. The zero-order valence-corrected chi connectivity index (χ0v) is 25.2. The van der Waals surface area contributed by atoms with Crippen LogP contribution < -0.4 is 21.3 Å². The van der Waals surface area contributed by atoms with Crippen molar-refractivity contribution in [1.82, 2.24) is 31.2 Å². The Hall–Kier alpha value is -3.99. The van der Waals surface area contributed by atoms with Crippen LogP contribution in [0.15, 0.2) is 12.5 Å². The Labute approximate surface area is 252 Å². The molecule has 2 atom stereocenters. The van der Waals surface area contributed by atoms with Crippen LogP contribution in [0.3, 0.4) is 0 Å². The number of carboxylic acid groups (broad SMARTS) is 1. The molecule has 0 saturated heterocycles. The minimum absolute atomic E-state index is 0.0951. The van der Waals surface area contributed by atoms with Crippen molar-refractivity contribution in [3.05, 3.63) is 18.2 Å². The van der Waals surface area contributed by atoms with Crippen molar-refractivity contribution < 1.29 is 48.5 Å². The fourth-order valence-electron chi connectivity index (χ4n) is 3.40. The third-order valence-corrected chi connectivity index (χ3v) is 6.67. The highest BCUT2D eigenvalue weighted by Crippen LogP contribution is 2.22. The summed E-state index contributed by atoms with van der Waals surface area (Å²) in [5.41, 5.74) is -0.392. The molecule has 0 aliphatic heterocycles. The SMILES string of the molecule is CC(=O)N[C@@H](CCC(=O)O)C(=O)OCC(C)(C)[C@@H](O)C(=O)NCCC(=O)NCCSC(=O)CC(=O)NCCc1cnc[nH]1. The quantitative estimate of drug-likeness (QED) is 0.0503. The van der Waals surface area contributed by atoms with E-state index in [0.717, 1.165) is 24.4 Å². The van der Waals surface area contributed by atoms with E-state index in [4.69, 9.17) is 9.84 Å². The van der Waals surface area contributed by atoms with Crippen LogP contribution in [-0.4, -0.2) is 105 Å². The third kappa shape index (κ3) is 16.3. The number of carbonyl (C=O) groups excluding carboxylic acids is 6. The molecule has 0 aliphatic rings. The van der Waals surface area contributed by atoms with Gasteiger partial charge < -0.3 is 41.2 Å². The highest BCUT2D eigenvalue weighted by atomic mass is 32.2. The Kier molecular flexibility index (Phi) is 16.6. The number of aromatic amines is 1. The Bertz CT molecular complexity index is 1110. The first-order valence-electron chi connectivity index (χ1n) is 13.5. The van der Waals surface area contributed by atoms with Gasteiger partial charge in [-0.05, 0) is 6.42 Å². The molecule has 17 heteroatoms. The van der Waals surface area contributed by atoms with E-state index in [9.17, 15) is 38.7 Å². The molecule has 16 nitrogen and oxygen atoms in total. The van der Waals surface area contributed by atoms with Crippen molar-refractivity contribution in [2.45, 2.75) is 65.0 Å². The lowest BCUT2D eigenvalue weighted by molar-refractivity contribution is -0.156. The largest absolute Gasteiger partial charge is 0.481 e. The van der Waals surface area contributed by atoms with Crippen molar-refractivity contribution in [2.24, 2.45) is 5.41 Å². The van der Waals surface area contributed by atoms with Gasteiger partial charge in [-0.25, -0.2) is 9.78 Å². The number of esters is 1. The Morgan fingerprint density at radius 3 is 2.35 bits per heavy atom. The topological polar surface area (TPSA) is 246 Å². The van der Waals surface area contributed by atoms with E-state index in [1.807, 2.05) is 0 Å². The molecule has 0 aliphatic carbocycles. The lowest BCUT2D eigenvalue weighted by Crippen LogP contribution is -2.48. The number of aliphatic carboxylic acids is 1. The number of imidazole rings is 1. The lowest BCUT2D eigenvalue weighted by Gasteiger charge is -2.29. The number of amides is 4. The number of hydrogen-bond acceptors (Lipinski definition) is 11. The lowest BCUT2D eigenvalue weighted by atomic mass is 9.87. The number of nitrogens with zero attached hydrogens (tertiary/aromatic N) is 1. The van der Waals surface area contributed by atoms with Crippen molar-refractivity contribution in [3.8, 4) is 0 Å². The van der Waals surface area contributed by atoms with E-state index < -0.39 is 59.7 Å². The highest BCUT2D eigenvalue weighted by molar-refractivity contribution is 8.13. The molecule has 1 aromatic heterocycles. The van der Waals surface area contributed by atoms with Crippen LogP contribution in [0.5, 0.6) is 0 Å². The monoisotopic (exact) mass is 628 g/mol. The first-order valence-corrected chi connectivity index (χ1v) is 14.5. The average molecular weight is 629 g/mol. The standard InChI is InChI=1S/C26H40N6O10S/c1-16(33)32-18(4-5-21(36)37)25(41)42-14-26(2,3)23(39)24(40)30-9-7-19(34)29-10-11-43-22(38)12-20(35)28-8-6-17-13-27-15-31-17/h13,15,18,23,39H,4-12,14H2,1-3H3,(H,27,31)(H,28,35)(H,29,34)(H,30,40)(H,32,33)(H,36,37)/t18-,23-/m0/s1. The number of aliphatic hydroxyl groups excluding tert-OH is 1. The molecule has 1 heterocycles. The summed E-state index contributed by atoms with van der Waals surface area (Å²) in [5, 5.41) is 28.9. The number of H-pyrrole nitrogens is 1. The van der Waals surface area contributed by atoms with Gasteiger partial charge in [-0.3, -0.25) is 28.8 Å². The number of thioether (sulfide) groups is 1. The molecule has 43 heavy (non-hydrogen) atoms. The van der Waals surface area contributed by atoms with Crippen LogP contribution in [0, 0.1) is 5.41 Å². The average Bonchev–Trinajstić information content (AvgIpc) is 3.44. The molecule has 0 saturated carbocycles. The summed E-state index contributed by atoms with van der Waals surface area (Å²) in [6.07, 6.45) is 1.15. The van der Waals surface area contributed by atoms with Gasteiger partial charge in [-0.15, -0.1) is 0 Å². The van der Waals surface area contributed by atoms with Crippen molar-refractivity contribution >= 4 is 52.4 Å². The summed E-state index contributed by atoms with van der Waals surface area (Å²) in [6, 6.07) is -1.20. The fourth-order valence-corrected chi connectivity index (χ4v) is 4.06. The van der Waals surface area contributed by atoms with E-state index in [1.54, 1.807) is 6.20 Å². The summed E-state index contributed by atoms with van der Waals surface area (Å²) in [6.45, 7) is 4.11. The Morgan fingerprint density at radius 2 is 1.72 bits per heavy atom. The third-order valence-electron chi connectivity index (χ3n) is 5.80. The second kappa shape index (κ2) is 19.2. The molecule has 1 rings (SSSR count). The van der Waals surface area contributed by atoms with Gasteiger partial charge in [0.15, 0.2) is 5.12 Å². The predicted octanol–water partition coefficient (Wildman–Crippen LogP) is -1.36. The predicted molar refractivity (Wildman–Crippen MR) is 153 cm³/mol. The van der Waals surface area contributed by atoms with Gasteiger partial charge in [0.05, 0.1) is 19.4 Å². The van der Waals surface area contributed by atoms with Gasteiger partial charge in [-0.2, -0.15) is 0 Å². The molecule has 240 valence electrons. The number of rotatable bonds is 20. The zero-order chi connectivity index (χ0) is 32.4. The number of nitrogens with one attached hydrogen (secondary N) is 5. The minimum atomic E-state index is -1.62. The molecular weight excluding hydrogens is 588 g/mol. The summed E-state index contributed by atoms with van der Waals surface area (Å²) in [7, 11) is 0. The van der Waals surface area contributed by atoms with Crippen molar-refractivity contribution in [1.29, 1.82) is 0 Å². The summed E-state index contributed by atoms with van der Waals surface area (Å²) >= 11 is 0.912. The van der Waals surface area contributed by atoms with Gasteiger partial charge in [0.25, 0.3) is 0 Å². The summed E-state index contributed by atoms with van der Waals surface area (Å²) in [4.78, 5) is 89.4. The summed E-state index contributed by atoms with van der Waals surface area (Å²) in [5.74, 6) is -3.97. The molecule has 0 aromatic carbocycles.